The topological polar surface area (TPSA) is 89.3 Å². The fourth-order valence-electron chi connectivity index (χ4n) is 2.22. The Kier molecular flexibility index (Phi) is 4.80. The fourth-order valence-corrected chi connectivity index (χ4v) is 2.22. The zero-order chi connectivity index (χ0) is 17.6. The van der Waals surface area contributed by atoms with E-state index in [1.807, 2.05) is 31.2 Å². The van der Waals surface area contributed by atoms with Gasteiger partial charge in [0, 0.05) is 17.4 Å². The highest BCUT2D eigenvalue weighted by molar-refractivity contribution is 6.00. The highest BCUT2D eigenvalue weighted by Gasteiger charge is 2.06. The number of carbonyl (C=O) groups is 1. The Balaban J connectivity index is 1.66. The lowest BCUT2D eigenvalue weighted by Crippen LogP contribution is -2.19. The van der Waals surface area contributed by atoms with Gasteiger partial charge in [0.05, 0.1) is 6.20 Å². The molecule has 1 aromatic heterocycles. The normalized spacial score (nSPS) is 10.1. The van der Waals surface area contributed by atoms with Gasteiger partial charge in [0.25, 0.3) is 0 Å². The maximum atomic E-state index is 12.2. The minimum Gasteiger partial charge on any atom is -0.456 e. The lowest BCUT2D eigenvalue weighted by Gasteiger charge is -2.11. The van der Waals surface area contributed by atoms with Crippen molar-refractivity contribution in [2.75, 3.05) is 16.4 Å². The van der Waals surface area contributed by atoms with Crippen LogP contribution in [0, 0.1) is 6.92 Å². The second-order valence-corrected chi connectivity index (χ2v) is 5.44. The van der Waals surface area contributed by atoms with Crippen LogP contribution in [-0.4, -0.2) is 11.0 Å². The molecule has 126 valence electrons. The number of rotatable bonds is 4. The van der Waals surface area contributed by atoms with E-state index >= 15 is 0 Å². The van der Waals surface area contributed by atoms with E-state index < -0.39 is 0 Å². The minimum absolute atomic E-state index is 0.319. The molecule has 3 aromatic rings. The van der Waals surface area contributed by atoms with Crippen LogP contribution >= 0.6 is 0 Å². The molecule has 0 bridgehead atoms. The van der Waals surface area contributed by atoms with Gasteiger partial charge in [-0.3, -0.25) is 0 Å². The van der Waals surface area contributed by atoms with Crippen LogP contribution in [0.2, 0.25) is 0 Å². The third-order valence-corrected chi connectivity index (χ3v) is 3.48. The number of anilines is 3. The number of benzene rings is 2. The lowest BCUT2D eigenvalue weighted by molar-refractivity contribution is 0.262. The molecule has 25 heavy (non-hydrogen) atoms. The number of urea groups is 1. The predicted molar refractivity (Wildman–Crippen MR) is 99.0 cm³/mol. The number of hydrogen-bond donors (Lipinski definition) is 3. The molecule has 1 heterocycles. The minimum atomic E-state index is -0.319. The summed E-state index contributed by atoms with van der Waals surface area (Å²) in [7, 11) is 0. The van der Waals surface area contributed by atoms with E-state index in [-0.39, 0.29) is 6.03 Å². The molecule has 0 spiro atoms. The average Bonchev–Trinajstić information content (AvgIpc) is 2.59. The van der Waals surface area contributed by atoms with Crippen molar-refractivity contribution in [2.45, 2.75) is 6.92 Å². The summed E-state index contributed by atoms with van der Waals surface area (Å²) in [6.45, 7) is 1.94. The first-order valence-electron chi connectivity index (χ1n) is 7.73. The van der Waals surface area contributed by atoms with E-state index in [0.29, 0.717) is 23.0 Å². The number of carbonyl (C=O) groups excluding carboxylic acids is 1. The molecular weight excluding hydrogens is 316 g/mol. The third-order valence-electron chi connectivity index (χ3n) is 3.48. The number of ether oxygens (including phenoxy) is 1. The number of aryl methyl sites for hydroxylation is 1. The monoisotopic (exact) mass is 334 g/mol. The summed E-state index contributed by atoms with van der Waals surface area (Å²) in [4.78, 5) is 16.1. The molecule has 4 N–H and O–H groups in total. The molecule has 2 amide bonds. The molecule has 2 aromatic carbocycles. The largest absolute Gasteiger partial charge is 0.456 e. The van der Waals surface area contributed by atoms with E-state index in [2.05, 4.69) is 15.6 Å². The van der Waals surface area contributed by atoms with Gasteiger partial charge < -0.3 is 21.1 Å². The van der Waals surface area contributed by atoms with Crippen molar-refractivity contribution in [3.05, 3.63) is 72.4 Å². The number of hydrogen-bond acceptors (Lipinski definition) is 4. The maximum Gasteiger partial charge on any atom is 0.323 e. The first kappa shape index (κ1) is 16.3. The summed E-state index contributed by atoms with van der Waals surface area (Å²) >= 11 is 0. The number of amides is 2. The Bertz CT molecular complexity index is 879. The Morgan fingerprint density at radius 2 is 1.84 bits per heavy atom. The van der Waals surface area contributed by atoms with Crippen molar-refractivity contribution in [2.24, 2.45) is 0 Å². The summed E-state index contributed by atoms with van der Waals surface area (Å²) in [6, 6.07) is 17.8. The summed E-state index contributed by atoms with van der Waals surface area (Å²) in [5.74, 6) is 1.58. The number of para-hydroxylation sites is 1. The first-order chi connectivity index (χ1) is 12.1. The smallest absolute Gasteiger partial charge is 0.323 e. The van der Waals surface area contributed by atoms with E-state index in [0.717, 1.165) is 11.3 Å². The fraction of sp³-hybridized carbons (Fsp3) is 0.0526. The molecule has 6 heteroatoms. The third kappa shape index (κ3) is 4.48. The van der Waals surface area contributed by atoms with Crippen molar-refractivity contribution in [1.82, 2.24) is 4.98 Å². The molecule has 0 saturated carbocycles. The molecule has 0 aliphatic carbocycles. The number of aromatic nitrogens is 1. The number of pyridine rings is 1. The lowest BCUT2D eigenvalue weighted by atomic mass is 10.2. The zero-order valence-corrected chi connectivity index (χ0v) is 13.7. The van der Waals surface area contributed by atoms with Crippen LogP contribution in [0.5, 0.6) is 11.5 Å². The van der Waals surface area contributed by atoms with Crippen molar-refractivity contribution in [3.63, 3.8) is 0 Å². The van der Waals surface area contributed by atoms with Crippen LogP contribution in [-0.2, 0) is 0 Å². The zero-order valence-electron chi connectivity index (χ0n) is 13.7. The Morgan fingerprint density at radius 1 is 1.00 bits per heavy atom. The molecule has 0 radical (unpaired) electrons. The van der Waals surface area contributed by atoms with Crippen LogP contribution in [0.15, 0.2) is 66.9 Å². The van der Waals surface area contributed by atoms with E-state index in [1.54, 1.807) is 42.6 Å². The maximum absolute atomic E-state index is 12.2. The van der Waals surface area contributed by atoms with Crippen molar-refractivity contribution in [1.29, 1.82) is 0 Å². The summed E-state index contributed by atoms with van der Waals surface area (Å²) in [5, 5.41) is 5.61. The SMILES string of the molecule is Cc1ccccc1NC(=O)Nc1cccc(Oc2ccc(N)nc2)c1. The van der Waals surface area contributed by atoms with Crippen molar-refractivity contribution >= 4 is 23.2 Å². The Labute approximate surface area is 145 Å². The van der Waals surface area contributed by atoms with Gasteiger partial charge in [0.2, 0.25) is 0 Å². The second kappa shape index (κ2) is 7.35. The number of nitrogen functional groups attached to an aromatic ring is 1. The Hall–Kier alpha value is -3.54. The molecule has 0 fully saturated rings. The van der Waals surface area contributed by atoms with Crippen molar-refractivity contribution in [3.8, 4) is 11.5 Å². The summed E-state index contributed by atoms with van der Waals surface area (Å²) in [6.07, 6.45) is 1.54. The van der Waals surface area contributed by atoms with Gasteiger partial charge in [0.1, 0.15) is 17.3 Å². The van der Waals surface area contributed by atoms with Crippen LogP contribution < -0.4 is 21.1 Å². The quantitative estimate of drug-likeness (QED) is 0.659. The van der Waals surface area contributed by atoms with Gasteiger partial charge in [-0.15, -0.1) is 0 Å². The van der Waals surface area contributed by atoms with Gasteiger partial charge in [-0.05, 0) is 42.8 Å². The van der Waals surface area contributed by atoms with Gasteiger partial charge in [-0.2, -0.15) is 0 Å². The highest BCUT2D eigenvalue weighted by Crippen LogP contribution is 2.24. The molecule has 0 aliphatic rings. The summed E-state index contributed by atoms with van der Waals surface area (Å²) in [5.41, 5.74) is 7.92. The standard InChI is InChI=1S/C19H18N4O2/c1-13-5-2-3-8-17(13)23-19(24)22-14-6-4-7-15(11-14)25-16-9-10-18(20)21-12-16/h2-12H,1H3,(H2,20,21)(H2,22,23,24). The van der Waals surface area contributed by atoms with E-state index in [1.165, 1.54) is 0 Å². The van der Waals surface area contributed by atoms with Crippen LogP contribution in [0.4, 0.5) is 22.0 Å². The molecule has 0 unspecified atom stereocenters. The highest BCUT2D eigenvalue weighted by atomic mass is 16.5. The molecule has 0 atom stereocenters. The average molecular weight is 334 g/mol. The van der Waals surface area contributed by atoms with Crippen molar-refractivity contribution < 1.29 is 9.53 Å². The van der Waals surface area contributed by atoms with Crippen LogP contribution in [0.25, 0.3) is 0 Å². The van der Waals surface area contributed by atoms with Gasteiger partial charge in [-0.25, -0.2) is 9.78 Å². The molecule has 0 aliphatic heterocycles. The summed E-state index contributed by atoms with van der Waals surface area (Å²) < 4.78 is 5.70. The number of nitrogens with two attached hydrogens (primary N) is 1. The molecule has 6 nitrogen and oxygen atoms in total. The molecular formula is C19H18N4O2. The van der Waals surface area contributed by atoms with E-state index in [9.17, 15) is 4.79 Å². The van der Waals surface area contributed by atoms with Crippen LogP contribution in [0.1, 0.15) is 5.56 Å². The number of nitrogens with one attached hydrogen (secondary N) is 2. The number of nitrogens with zero attached hydrogens (tertiary/aromatic N) is 1. The van der Waals surface area contributed by atoms with Gasteiger partial charge in [0.15, 0.2) is 0 Å². The Morgan fingerprint density at radius 3 is 2.60 bits per heavy atom. The predicted octanol–water partition coefficient (Wildman–Crippen LogP) is 4.41. The van der Waals surface area contributed by atoms with Gasteiger partial charge in [-0.1, -0.05) is 24.3 Å². The second-order valence-electron chi connectivity index (χ2n) is 5.44. The van der Waals surface area contributed by atoms with Crippen LogP contribution in [0.3, 0.4) is 0 Å². The van der Waals surface area contributed by atoms with E-state index in [4.69, 9.17) is 10.5 Å². The van der Waals surface area contributed by atoms with Gasteiger partial charge >= 0.3 is 6.03 Å². The molecule has 0 saturated heterocycles. The first-order valence-corrected chi connectivity index (χ1v) is 7.73. The molecule has 3 rings (SSSR count).